The normalized spacial score (nSPS) is 14.4. The molecule has 1 heterocycles. The molecule has 1 aromatic heterocycles. The summed E-state index contributed by atoms with van der Waals surface area (Å²) in [6.45, 7) is 9.36. The molecule has 1 aromatic rings. The molecule has 0 aliphatic carbocycles. The molecule has 1 heteroatoms. The molecule has 1 unspecified atom stereocenters. The number of nitrogens with zero attached hydrogens (tertiary/aromatic N) is 1. The van der Waals surface area contributed by atoms with Crippen LogP contribution in [0.15, 0.2) is 12.3 Å². The summed E-state index contributed by atoms with van der Waals surface area (Å²) in [5, 5.41) is 0. The third-order valence-electron chi connectivity index (χ3n) is 4.95. The Morgan fingerprint density at radius 2 is 1.55 bits per heavy atom. The van der Waals surface area contributed by atoms with E-state index in [1.165, 1.54) is 63.5 Å². The zero-order chi connectivity index (χ0) is 15.0. The Kier molecular flexibility index (Phi) is 7.40. The van der Waals surface area contributed by atoms with Crippen molar-refractivity contribution in [2.45, 2.75) is 90.9 Å². The monoisotopic (exact) mass is 277 g/mol. The lowest BCUT2D eigenvalue weighted by atomic mass is 9.74. The first-order chi connectivity index (χ1) is 9.55. The maximum absolute atomic E-state index is 2.49. The summed E-state index contributed by atoms with van der Waals surface area (Å²) in [4.78, 5) is 0. The Balaban J connectivity index is 2.68. The van der Waals surface area contributed by atoms with E-state index in [2.05, 4.69) is 51.6 Å². The lowest BCUT2D eigenvalue weighted by Gasteiger charge is -2.30. The quantitative estimate of drug-likeness (QED) is 0.452. The van der Waals surface area contributed by atoms with Gasteiger partial charge in [-0.25, -0.2) is 0 Å². The van der Waals surface area contributed by atoms with Gasteiger partial charge in [0.25, 0.3) is 0 Å². The van der Waals surface area contributed by atoms with Crippen LogP contribution in [0.5, 0.6) is 0 Å². The highest BCUT2D eigenvalue weighted by atomic mass is 14.9. The van der Waals surface area contributed by atoms with Crippen LogP contribution < -0.4 is 0 Å². The fourth-order valence-corrected chi connectivity index (χ4v) is 3.33. The van der Waals surface area contributed by atoms with Crippen LogP contribution in [0.2, 0.25) is 0 Å². The van der Waals surface area contributed by atoms with E-state index >= 15 is 0 Å². The standard InChI is InChI=1S/C19H35N/c1-6-8-10-11-12-15-19(4,14-9-7-2)18-13-16-20(5)17(18)3/h13,16H,6-12,14-15H2,1-5H3. The molecule has 0 saturated heterocycles. The van der Waals surface area contributed by atoms with E-state index in [9.17, 15) is 0 Å². The summed E-state index contributed by atoms with van der Waals surface area (Å²) in [6, 6.07) is 2.36. The van der Waals surface area contributed by atoms with Crippen molar-refractivity contribution in [2.24, 2.45) is 7.05 Å². The Bertz CT molecular complexity index is 377. The second kappa shape index (κ2) is 8.54. The minimum absolute atomic E-state index is 0.383. The first-order valence-corrected chi connectivity index (χ1v) is 8.67. The molecule has 0 saturated carbocycles. The molecule has 0 aliphatic rings. The first kappa shape index (κ1) is 17.3. The topological polar surface area (TPSA) is 4.93 Å². The van der Waals surface area contributed by atoms with Crippen LogP contribution in [-0.2, 0) is 12.5 Å². The van der Waals surface area contributed by atoms with Crippen molar-refractivity contribution in [3.63, 3.8) is 0 Å². The second-order valence-corrected chi connectivity index (χ2v) is 6.75. The van der Waals surface area contributed by atoms with Crippen LogP contribution in [-0.4, -0.2) is 4.57 Å². The van der Waals surface area contributed by atoms with Gasteiger partial charge in [-0.15, -0.1) is 0 Å². The number of hydrogen-bond donors (Lipinski definition) is 0. The molecule has 0 aliphatic heterocycles. The molecule has 0 N–H and O–H groups in total. The lowest BCUT2D eigenvalue weighted by molar-refractivity contribution is 0.366. The molecular weight excluding hydrogens is 242 g/mol. The molecule has 1 nitrogen and oxygen atoms in total. The van der Waals surface area contributed by atoms with Gasteiger partial charge in [0.05, 0.1) is 0 Å². The molecule has 1 atom stereocenters. The van der Waals surface area contributed by atoms with Crippen molar-refractivity contribution in [1.82, 2.24) is 4.57 Å². The fraction of sp³-hybridized carbons (Fsp3) is 0.789. The molecule has 0 amide bonds. The van der Waals surface area contributed by atoms with Crippen molar-refractivity contribution in [1.29, 1.82) is 0 Å². The van der Waals surface area contributed by atoms with Crippen molar-refractivity contribution in [3.05, 3.63) is 23.5 Å². The first-order valence-electron chi connectivity index (χ1n) is 8.67. The SMILES string of the molecule is CCCCCCCC(C)(CCCC)c1ccn(C)c1C. The van der Waals surface area contributed by atoms with Crippen molar-refractivity contribution >= 4 is 0 Å². The van der Waals surface area contributed by atoms with Crippen LogP contribution in [0.25, 0.3) is 0 Å². The van der Waals surface area contributed by atoms with Crippen molar-refractivity contribution < 1.29 is 0 Å². The van der Waals surface area contributed by atoms with Gasteiger partial charge in [0, 0.05) is 18.9 Å². The fourth-order valence-electron chi connectivity index (χ4n) is 3.33. The number of aryl methyl sites for hydroxylation is 1. The maximum Gasteiger partial charge on any atom is 0.0178 e. The molecule has 0 bridgehead atoms. The summed E-state index contributed by atoms with van der Waals surface area (Å²) in [5.74, 6) is 0. The number of aromatic nitrogens is 1. The molecule has 0 radical (unpaired) electrons. The maximum atomic E-state index is 2.49. The Morgan fingerprint density at radius 3 is 2.10 bits per heavy atom. The third-order valence-corrected chi connectivity index (χ3v) is 4.95. The summed E-state index contributed by atoms with van der Waals surface area (Å²) < 4.78 is 2.27. The van der Waals surface area contributed by atoms with Gasteiger partial charge >= 0.3 is 0 Å². The van der Waals surface area contributed by atoms with Gasteiger partial charge in [-0.2, -0.15) is 0 Å². The van der Waals surface area contributed by atoms with E-state index in [0.717, 1.165) is 0 Å². The number of rotatable bonds is 10. The Labute approximate surface area is 126 Å². The summed E-state index contributed by atoms with van der Waals surface area (Å²) >= 11 is 0. The predicted molar refractivity (Wildman–Crippen MR) is 90.4 cm³/mol. The van der Waals surface area contributed by atoms with Gasteiger partial charge in [0.2, 0.25) is 0 Å². The van der Waals surface area contributed by atoms with Crippen molar-refractivity contribution in [3.8, 4) is 0 Å². The smallest absolute Gasteiger partial charge is 0.0178 e. The van der Waals surface area contributed by atoms with Crippen LogP contribution in [0.4, 0.5) is 0 Å². The predicted octanol–water partition coefficient (Wildman–Crippen LogP) is 6.14. The van der Waals surface area contributed by atoms with E-state index in [1.54, 1.807) is 5.56 Å². The molecule has 0 fully saturated rings. The van der Waals surface area contributed by atoms with Crippen LogP contribution >= 0.6 is 0 Å². The van der Waals surface area contributed by atoms with Gasteiger partial charge in [-0.1, -0.05) is 65.7 Å². The molecular formula is C19H35N. The molecule has 20 heavy (non-hydrogen) atoms. The van der Waals surface area contributed by atoms with E-state index in [1.807, 2.05) is 0 Å². The van der Waals surface area contributed by atoms with Crippen molar-refractivity contribution in [2.75, 3.05) is 0 Å². The highest BCUT2D eigenvalue weighted by Crippen LogP contribution is 2.37. The number of hydrogen-bond acceptors (Lipinski definition) is 0. The zero-order valence-electron chi connectivity index (χ0n) is 14.5. The highest BCUT2D eigenvalue weighted by Gasteiger charge is 2.28. The molecule has 0 spiro atoms. The largest absolute Gasteiger partial charge is 0.354 e. The molecule has 116 valence electrons. The minimum atomic E-state index is 0.383. The number of unbranched alkanes of at least 4 members (excludes halogenated alkanes) is 5. The van der Waals surface area contributed by atoms with Gasteiger partial charge in [-0.05, 0) is 36.8 Å². The Hall–Kier alpha value is -0.720. The Morgan fingerprint density at radius 1 is 0.950 bits per heavy atom. The third kappa shape index (κ3) is 4.68. The average Bonchev–Trinajstić information content (AvgIpc) is 2.77. The molecule has 0 aromatic carbocycles. The van der Waals surface area contributed by atoms with E-state index in [0.29, 0.717) is 5.41 Å². The van der Waals surface area contributed by atoms with E-state index in [-0.39, 0.29) is 0 Å². The zero-order valence-corrected chi connectivity index (χ0v) is 14.5. The minimum Gasteiger partial charge on any atom is -0.354 e. The summed E-state index contributed by atoms with van der Waals surface area (Å²) in [6.07, 6.45) is 14.5. The summed E-state index contributed by atoms with van der Waals surface area (Å²) in [7, 11) is 2.17. The highest BCUT2D eigenvalue weighted by molar-refractivity contribution is 5.29. The van der Waals surface area contributed by atoms with Crippen LogP contribution in [0, 0.1) is 6.92 Å². The van der Waals surface area contributed by atoms with Gasteiger partial charge in [-0.3, -0.25) is 0 Å². The van der Waals surface area contributed by atoms with Gasteiger partial charge in [0.15, 0.2) is 0 Å². The van der Waals surface area contributed by atoms with Crippen LogP contribution in [0.1, 0.15) is 89.8 Å². The van der Waals surface area contributed by atoms with Gasteiger partial charge < -0.3 is 4.57 Å². The van der Waals surface area contributed by atoms with E-state index < -0.39 is 0 Å². The lowest BCUT2D eigenvalue weighted by Crippen LogP contribution is -2.23. The average molecular weight is 277 g/mol. The van der Waals surface area contributed by atoms with Crippen LogP contribution in [0.3, 0.4) is 0 Å². The second-order valence-electron chi connectivity index (χ2n) is 6.75. The van der Waals surface area contributed by atoms with E-state index in [4.69, 9.17) is 0 Å². The summed E-state index contributed by atoms with van der Waals surface area (Å²) in [5.41, 5.74) is 3.43. The van der Waals surface area contributed by atoms with Gasteiger partial charge in [0.1, 0.15) is 0 Å². The molecule has 1 rings (SSSR count).